The Morgan fingerprint density at radius 2 is 2.05 bits per heavy atom. The number of aryl methyl sites for hydroxylation is 1. The first-order valence-electron chi connectivity index (χ1n) is 5.63. The molecule has 0 fully saturated rings. The Kier molecular flexibility index (Phi) is 4.05. The zero-order valence-corrected chi connectivity index (χ0v) is 11.5. The van der Waals surface area contributed by atoms with Crippen LogP contribution in [0.5, 0.6) is 0 Å². The fourth-order valence-electron chi connectivity index (χ4n) is 1.56. The summed E-state index contributed by atoms with van der Waals surface area (Å²) in [5.74, 6) is -0.954. The van der Waals surface area contributed by atoms with Gasteiger partial charge in [-0.25, -0.2) is 4.79 Å². The Bertz CT molecular complexity index is 666. The van der Waals surface area contributed by atoms with Crippen LogP contribution >= 0.6 is 11.6 Å². The number of carbonyl (C=O) groups excluding carboxylic acids is 2. The van der Waals surface area contributed by atoms with Gasteiger partial charge >= 0.3 is 5.97 Å². The first-order valence-corrected chi connectivity index (χ1v) is 6.01. The number of nitrogens with one attached hydrogen (secondary N) is 1. The first-order chi connectivity index (χ1) is 9.49. The lowest BCUT2D eigenvalue weighted by atomic mass is 10.2. The van der Waals surface area contributed by atoms with Crippen molar-refractivity contribution < 1.29 is 18.8 Å². The lowest BCUT2D eigenvalue weighted by Crippen LogP contribution is -2.12. The number of benzene rings is 1. The van der Waals surface area contributed by atoms with Crippen LogP contribution in [0.25, 0.3) is 0 Å². The smallest absolute Gasteiger partial charge is 0.337 e. The molecule has 0 aliphatic heterocycles. The van der Waals surface area contributed by atoms with Crippen LogP contribution in [0, 0.1) is 6.92 Å². The molecule has 1 heterocycles. The molecule has 104 valence electrons. The number of carbonyl (C=O) groups is 2. The molecule has 6 nitrogen and oxygen atoms in total. The number of rotatable bonds is 3. The molecule has 7 heteroatoms. The van der Waals surface area contributed by atoms with E-state index in [1.165, 1.54) is 31.4 Å². The molecule has 0 aliphatic carbocycles. The quantitative estimate of drug-likeness (QED) is 0.880. The molecule has 0 saturated carbocycles. The van der Waals surface area contributed by atoms with Crippen molar-refractivity contribution in [1.29, 1.82) is 0 Å². The molecule has 0 unspecified atom stereocenters. The Hall–Kier alpha value is -2.34. The molecule has 0 radical (unpaired) electrons. The van der Waals surface area contributed by atoms with E-state index in [9.17, 15) is 9.59 Å². The van der Waals surface area contributed by atoms with E-state index < -0.39 is 11.9 Å². The van der Waals surface area contributed by atoms with Gasteiger partial charge in [0.15, 0.2) is 0 Å². The molecular formula is C13H11ClN2O4. The van der Waals surface area contributed by atoms with E-state index in [0.717, 1.165) is 0 Å². The van der Waals surface area contributed by atoms with E-state index >= 15 is 0 Å². The van der Waals surface area contributed by atoms with E-state index in [1.807, 2.05) is 0 Å². The number of halogens is 1. The summed E-state index contributed by atoms with van der Waals surface area (Å²) in [5.41, 5.74) is 1.19. The maximum atomic E-state index is 11.9. The van der Waals surface area contributed by atoms with Crippen LogP contribution in [0.2, 0.25) is 5.02 Å². The van der Waals surface area contributed by atoms with Crippen LogP contribution in [-0.4, -0.2) is 24.1 Å². The molecule has 2 rings (SSSR count). The fraction of sp³-hybridized carbons (Fsp3) is 0.154. The lowest BCUT2D eigenvalue weighted by molar-refractivity contribution is 0.0600. The van der Waals surface area contributed by atoms with Crippen molar-refractivity contribution in [2.75, 3.05) is 12.4 Å². The lowest BCUT2D eigenvalue weighted by Gasteiger charge is -2.06. The molecule has 0 aliphatic rings. The molecule has 0 bridgehead atoms. The van der Waals surface area contributed by atoms with Crippen LogP contribution in [0.3, 0.4) is 0 Å². The minimum absolute atomic E-state index is 0.0714. The number of hydrogen-bond donors (Lipinski definition) is 1. The summed E-state index contributed by atoms with van der Waals surface area (Å²) in [6.45, 7) is 1.70. The second-order valence-corrected chi connectivity index (χ2v) is 4.44. The van der Waals surface area contributed by atoms with Crippen molar-refractivity contribution in [3.05, 3.63) is 46.3 Å². The number of methoxy groups -OCH3 is 1. The van der Waals surface area contributed by atoms with E-state index in [4.69, 9.17) is 16.1 Å². The van der Waals surface area contributed by atoms with Gasteiger partial charge in [0.25, 0.3) is 5.91 Å². The van der Waals surface area contributed by atoms with E-state index in [1.54, 1.807) is 6.92 Å². The topological polar surface area (TPSA) is 81.4 Å². The van der Waals surface area contributed by atoms with E-state index in [-0.39, 0.29) is 11.3 Å². The standard InChI is InChI=1S/C13H11ClN2O4/c1-7-3-11(20-16-7)12(17)15-10-5-8(13(18)19-2)4-9(14)6-10/h3-6H,1-2H3,(H,15,17). The van der Waals surface area contributed by atoms with Crippen molar-refractivity contribution in [3.63, 3.8) is 0 Å². The van der Waals surface area contributed by atoms with Gasteiger partial charge in [-0.2, -0.15) is 0 Å². The third kappa shape index (κ3) is 3.16. The number of nitrogens with zero attached hydrogens (tertiary/aromatic N) is 1. The minimum atomic E-state index is -0.543. The number of hydrogen-bond acceptors (Lipinski definition) is 5. The minimum Gasteiger partial charge on any atom is -0.465 e. The molecule has 1 N–H and O–H groups in total. The highest BCUT2D eigenvalue weighted by atomic mass is 35.5. The van der Waals surface area contributed by atoms with Crippen LogP contribution in [0.4, 0.5) is 5.69 Å². The fourth-order valence-corrected chi connectivity index (χ4v) is 1.80. The molecular weight excluding hydrogens is 284 g/mol. The molecule has 1 aromatic carbocycles. The van der Waals surface area contributed by atoms with Gasteiger partial charge in [-0.3, -0.25) is 4.79 Å². The zero-order valence-electron chi connectivity index (χ0n) is 10.8. The second-order valence-electron chi connectivity index (χ2n) is 4.01. The summed E-state index contributed by atoms with van der Waals surface area (Å²) in [6.07, 6.45) is 0. The summed E-state index contributed by atoms with van der Waals surface area (Å²) in [5, 5.41) is 6.49. The van der Waals surface area contributed by atoms with Crippen molar-refractivity contribution in [3.8, 4) is 0 Å². The van der Waals surface area contributed by atoms with E-state index in [2.05, 4.69) is 15.2 Å². The SMILES string of the molecule is COC(=O)c1cc(Cl)cc(NC(=O)c2cc(C)no2)c1. The average molecular weight is 295 g/mol. The number of esters is 1. The molecule has 2 aromatic rings. The second kappa shape index (κ2) is 5.75. The summed E-state index contributed by atoms with van der Waals surface area (Å²) >= 11 is 5.89. The summed E-state index contributed by atoms with van der Waals surface area (Å²) < 4.78 is 9.44. The largest absolute Gasteiger partial charge is 0.465 e. The first kappa shape index (κ1) is 14.1. The Balaban J connectivity index is 2.23. The molecule has 1 amide bonds. The number of ether oxygens (including phenoxy) is 1. The van der Waals surface area contributed by atoms with Crippen LogP contribution in [-0.2, 0) is 4.74 Å². The third-order valence-electron chi connectivity index (χ3n) is 2.43. The van der Waals surface area contributed by atoms with Gasteiger partial charge in [-0.1, -0.05) is 16.8 Å². The van der Waals surface area contributed by atoms with E-state index in [0.29, 0.717) is 16.4 Å². The average Bonchev–Trinajstić information content (AvgIpc) is 2.84. The molecule has 0 atom stereocenters. The van der Waals surface area contributed by atoms with Crippen molar-refractivity contribution in [2.45, 2.75) is 6.92 Å². The van der Waals surface area contributed by atoms with Crippen LogP contribution < -0.4 is 5.32 Å². The molecule has 20 heavy (non-hydrogen) atoms. The van der Waals surface area contributed by atoms with Gasteiger partial charge in [-0.15, -0.1) is 0 Å². The van der Waals surface area contributed by atoms with Gasteiger partial charge < -0.3 is 14.6 Å². The number of anilines is 1. The predicted molar refractivity (Wildman–Crippen MR) is 72.0 cm³/mol. The van der Waals surface area contributed by atoms with Crippen LogP contribution in [0.15, 0.2) is 28.8 Å². The summed E-state index contributed by atoms with van der Waals surface area (Å²) in [6, 6.07) is 5.91. The molecule has 1 aromatic heterocycles. The van der Waals surface area contributed by atoms with Gasteiger partial charge in [0.2, 0.25) is 5.76 Å². The van der Waals surface area contributed by atoms with Crippen molar-refractivity contribution in [1.82, 2.24) is 5.16 Å². The summed E-state index contributed by atoms with van der Waals surface area (Å²) in [7, 11) is 1.26. The highest BCUT2D eigenvalue weighted by Crippen LogP contribution is 2.20. The Labute approximate surface area is 119 Å². The maximum Gasteiger partial charge on any atom is 0.337 e. The zero-order chi connectivity index (χ0) is 14.7. The monoisotopic (exact) mass is 294 g/mol. The molecule has 0 saturated heterocycles. The summed E-state index contributed by atoms with van der Waals surface area (Å²) in [4.78, 5) is 23.3. The predicted octanol–water partition coefficient (Wildman–Crippen LogP) is 2.68. The third-order valence-corrected chi connectivity index (χ3v) is 2.65. The number of amides is 1. The van der Waals surface area contributed by atoms with Crippen molar-refractivity contribution >= 4 is 29.2 Å². The van der Waals surface area contributed by atoms with Gasteiger partial charge in [0.05, 0.1) is 18.4 Å². The Morgan fingerprint density at radius 1 is 1.30 bits per heavy atom. The molecule has 0 spiro atoms. The number of aromatic nitrogens is 1. The maximum absolute atomic E-state index is 11.9. The van der Waals surface area contributed by atoms with Crippen molar-refractivity contribution in [2.24, 2.45) is 0 Å². The normalized spacial score (nSPS) is 10.2. The van der Waals surface area contributed by atoms with Gasteiger partial charge in [0, 0.05) is 16.8 Å². The van der Waals surface area contributed by atoms with Gasteiger partial charge in [-0.05, 0) is 25.1 Å². The highest BCUT2D eigenvalue weighted by Gasteiger charge is 2.14. The van der Waals surface area contributed by atoms with Crippen LogP contribution in [0.1, 0.15) is 26.6 Å². The van der Waals surface area contributed by atoms with Gasteiger partial charge in [0.1, 0.15) is 0 Å². The highest BCUT2D eigenvalue weighted by molar-refractivity contribution is 6.31. The Morgan fingerprint density at radius 3 is 2.65 bits per heavy atom.